The van der Waals surface area contributed by atoms with Crippen LogP contribution in [-0.4, -0.2) is 31.3 Å². The molecule has 0 unspecified atom stereocenters. The van der Waals surface area contributed by atoms with Gasteiger partial charge in [-0.05, 0) is 55.5 Å². The third kappa shape index (κ3) is 4.25. The second-order valence-corrected chi connectivity index (χ2v) is 7.35. The van der Waals surface area contributed by atoms with Crippen LogP contribution in [0, 0.1) is 12.7 Å². The van der Waals surface area contributed by atoms with Crippen LogP contribution in [0.4, 0.5) is 4.39 Å². The molecule has 2 aromatic carbocycles. The van der Waals surface area contributed by atoms with Crippen molar-refractivity contribution in [3.8, 4) is 17.2 Å². The molecule has 29 heavy (non-hydrogen) atoms. The number of thioether (sulfide) groups is 1. The molecule has 0 spiro atoms. The minimum atomic E-state index is -0.367. The van der Waals surface area contributed by atoms with E-state index in [1.807, 2.05) is 54.0 Å². The van der Waals surface area contributed by atoms with Crippen LogP contribution in [0.3, 0.4) is 0 Å². The van der Waals surface area contributed by atoms with Gasteiger partial charge in [0.15, 0.2) is 16.8 Å². The van der Waals surface area contributed by atoms with Gasteiger partial charge in [0.1, 0.15) is 11.5 Å². The lowest BCUT2D eigenvalue weighted by molar-refractivity contribution is 0.102. The standard InChI is InChI=1S/C22H17FN4OS/c1-15-5-11-18(12-6-15)27-21(19-4-2-3-13-24-19)25-26-22(27)29-14-20(28)16-7-9-17(23)10-8-16/h2-13H,14H2,1H3. The first kappa shape index (κ1) is 19.0. The number of halogens is 1. The lowest BCUT2D eigenvalue weighted by Crippen LogP contribution is -2.05. The number of carbonyl (C=O) groups is 1. The van der Waals surface area contributed by atoms with Gasteiger partial charge in [0, 0.05) is 17.4 Å². The molecule has 0 radical (unpaired) electrons. The minimum Gasteiger partial charge on any atom is -0.293 e. The van der Waals surface area contributed by atoms with Gasteiger partial charge in [-0.25, -0.2) is 4.39 Å². The van der Waals surface area contributed by atoms with Gasteiger partial charge in [-0.1, -0.05) is 35.5 Å². The molecule has 0 N–H and O–H groups in total. The number of hydrogen-bond donors (Lipinski definition) is 0. The van der Waals surface area contributed by atoms with Gasteiger partial charge in [-0.3, -0.25) is 14.3 Å². The Hall–Kier alpha value is -3.32. The largest absolute Gasteiger partial charge is 0.293 e. The van der Waals surface area contributed by atoms with Gasteiger partial charge in [-0.15, -0.1) is 10.2 Å². The van der Waals surface area contributed by atoms with Crippen LogP contribution < -0.4 is 0 Å². The molecule has 0 atom stereocenters. The summed E-state index contributed by atoms with van der Waals surface area (Å²) in [4.78, 5) is 16.9. The molecule has 4 aromatic rings. The van der Waals surface area contributed by atoms with E-state index < -0.39 is 0 Å². The van der Waals surface area contributed by atoms with E-state index in [0.29, 0.717) is 22.2 Å². The summed E-state index contributed by atoms with van der Waals surface area (Å²) in [6.07, 6.45) is 1.70. The number of benzene rings is 2. The van der Waals surface area contributed by atoms with Crippen molar-refractivity contribution in [2.75, 3.05) is 5.75 Å². The molecule has 0 aliphatic heterocycles. The lowest BCUT2D eigenvalue weighted by Gasteiger charge is -2.10. The smallest absolute Gasteiger partial charge is 0.196 e. The van der Waals surface area contributed by atoms with Crippen molar-refractivity contribution < 1.29 is 9.18 Å². The van der Waals surface area contributed by atoms with Crippen molar-refractivity contribution in [1.29, 1.82) is 0 Å². The molecule has 144 valence electrons. The molecule has 2 aromatic heterocycles. The molecular formula is C22H17FN4OS. The quantitative estimate of drug-likeness (QED) is 0.343. The minimum absolute atomic E-state index is 0.104. The molecule has 7 heteroatoms. The van der Waals surface area contributed by atoms with Gasteiger partial charge >= 0.3 is 0 Å². The predicted molar refractivity (Wildman–Crippen MR) is 111 cm³/mol. The zero-order valence-electron chi connectivity index (χ0n) is 15.6. The van der Waals surface area contributed by atoms with Crippen molar-refractivity contribution in [2.24, 2.45) is 0 Å². The highest BCUT2D eigenvalue weighted by molar-refractivity contribution is 7.99. The number of nitrogens with zero attached hydrogens (tertiary/aromatic N) is 4. The Bertz CT molecular complexity index is 1130. The summed E-state index contributed by atoms with van der Waals surface area (Å²) in [6.45, 7) is 2.02. The number of ketones is 1. The van der Waals surface area contributed by atoms with Crippen molar-refractivity contribution in [1.82, 2.24) is 19.7 Å². The van der Waals surface area contributed by atoms with Crippen LogP contribution in [0.25, 0.3) is 17.2 Å². The predicted octanol–water partition coefficient (Wildman–Crippen LogP) is 4.75. The van der Waals surface area contributed by atoms with Crippen LogP contribution in [0.2, 0.25) is 0 Å². The monoisotopic (exact) mass is 404 g/mol. The number of aromatic nitrogens is 4. The average Bonchev–Trinajstić information content (AvgIpc) is 3.17. The van der Waals surface area contributed by atoms with E-state index >= 15 is 0 Å². The van der Waals surface area contributed by atoms with Crippen LogP contribution in [0.15, 0.2) is 78.1 Å². The van der Waals surface area contributed by atoms with Crippen LogP contribution in [0.1, 0.15) is 15.9 Å². The highest BCUT2D eigenvalue weighted by Crippen LogP contribution is 2.27. The molecule has 5 nitrogen and oxygen atoms in total. The number of carbonyl (C=O) groups excluding carboxylic acids is 1. The van der Waals surface area contributed by atoms with E-state index in [2.05, 4.69) is 15.2 Å². The maximum absolute atomic E-state index is 13.1. The summed E-state index contributed by atoms with van der Waals surface area (Å²) in [5.41, 5.74) is 3.18. The van der Waals surface area contributed by atoms with Gasteiger partial charge in [0.2, 0.25) is 0 Å². The molecule has 0 aliphatic rings. The number of pyridine rings is 1. The topological polar surface area (TPSA) is 60.7 Å². The summed E-state index contributed by atoms with van der Waals surface area (Å²) in [7, 11) is 0. The van der Waals surface area contributed by atoms with Crippen molar-refractivity contribution >= 4 is 17.5 Å². The Kier molecular flexibility index (Phi) is 5.48. The number of hydrogen-bond acceptors (Lipinski definition) is 5. The van der Waals surface area contributed by atoms with Gasteiger partial charge in [0.25, 0.3) is 0 Å². The molecule has 0 fully saturated rings. The maximum atomic E-state index is 13.1. The molecule has 2 heterocycles. The molecule has 0 saturated heterocycles. The van der Waals surface area contributed by atoms with Crippen LogP contribution in [0.5, 0.6) is 0 Å². The zero-order chi connectivity index (χ0) is 20.2. The van der Waals surface area contributed by atoms with Crippen LogP contribution in [-0.2, 0) is 0 Å². The van der Waals surface area contributed by atoms with Crippen molar-refractivity contribution in [2.45, 2.75) is 12.1 Å². The zero-order valence-corrected chi connectivity index (χ0v) is 16.4. The molecule has 0 amide bonds. The summed E-state index contributed by atoms with van der Waals surface area (Å²) in [5, 5.41) is 9.20. The fraction of sp³-hybridized carbons (Fsp3) is 0.0909. The van der Waals surface area contributed by atoms with Gasteiger partial charge in [0.05, 0.1) is 5.75 Å². The highest BCUT2D eigenvalue weighted by Gasteiger charge is 2.18. The third-order valence-corrected chi connectivity index (χ3v) is 5.25. The summed E-state index contributed by atoms with van der Waals surface area (Å²) >= 11 is 1.29. The third-order valence-electron chi connectivity index (χ3n) is 4.32. The normalized spacial score (nSPS) is 10.8. The van der Waals surface area contributed by atoms with E-state index in [1.54, 1.807) is 6.20 Å². The Morgan fingerprint density at radius 3 is 2.45 bits per heavy atom. The van der Waals surface area contributed by atoms with Crippen molar-refractivity contribution in [3.05, 3.63) is 89.9 Å². The first-order valence-corrected chi connectivity index (χ1v) is 9.96. The number of rotatable bonds is 6. The summed E-state index contributed by atoms with van der Waals surface area (Å²) in [5.74, 6) is 0.296. The first-order chi connectivity index (χ1) is 14.1. The summed E-state index contributed by atoms with van der Waals surface area (Å²) in [6, 6.07) is 19.1. The van der Waals surface area contributed by atoms with E-state index in [1.165, 1.54) is 36.0 Å². The highest BCUT2D eigenvalue weighted by atomic mass is 32.2. The van der Waals surface area contributed by atoms with E-state index in [9.17, 15) is 9.18 Å². The first-order valence-electron chi connectivity index (χ1n) is 8.97. The van der Waals surface area contributed by atoms with E-state index in [4.69, 9.17) is 0 Å². The van der Waals surface area contributed by atoms with Crippen LogP contribution >= 0.6 is 11.8 Å². The van der Waals surface area contributed by atoms with Gasteiger partial charge in [-0.2, -0.15) is 0 Å². The van der Waals surface area contributed by atoms with E-state index in [-0.39, 0.29) is 17.4 Å². The molecule has 0 saturated carbocycles. The SMILES string of the molecule is Cc1ccc(-n2c(SCC(=O)c3ccc(F)cc3)nnc2-c2ccccn2)cc1. The molecule has 0 aliphatic carbocycles. The second kappa shape index (κ2) is 8.36. The Balaban J connectivity index is 1.66. The Morgan fingerprint density at radius 1 is 1.00 bits per heavy atom. The molecule has 4 rings (SSSR count). The number of aryl methyl sites for hydroxylation is 1. The molecular weight excluding hydrogens is 387 g/mol. The van der Waals surface area contributed by atoms with E-state index in [0.717, 1.165) is 11.3 Å². The number of Topliss-reactive ketones (excluding diaryl/α,β-unsaturated/α-hetero) is 1. The van der Waals surface area contributed by atoms with Gasteiger partial charge < -0.3 is 0 Å². The average molecular weight is 404 g/mol. The lowest BCUT2D eigenvalue weighted by atomic mass is 10.1. The molecule has 0 bridgehead atoms. The Labute approximate surface area is 171 Å². The maximum Gasteiger partial charge on any atom is 0.196 e. The van der Waals surface area contributed by atoms with Crippen molar-refractivity contribution in [3.63, 3.8) is 0 Å². The Morgan fingerprint density at radius 2 is 1.76 bits per heavy atom. The fourth-order valence-corrected chi connectivity index (χ4v) is 3.65. The summed E-state index contributed by atoms with van der Waals surface area (Å²) < 4.78 is 15.0. The fourth-order valence-electron chi connectivity index (χ4n) is 2.80. The second-order valence-electron chi connectivity index (χ2n) is 6.41.